The van der Waals surface area contributed by atoms with Crippen LogP contribution in [0.5, 0.6) is 0 Å². The first-order valence-electron chi connectivity index (χ1n) is 7.66. The van der Waals surface area contributed by atoms with Gasteiger partial charge in [0.1, 0.15) is 0 Å². The standard InChI is InChI=1S/C17H17N3O3/c21-16(13-5-2-1-3-6-13)14-8-11-19(12-9-14)17-15(20(22)23)7-4-10-18-17/h1-7,10,14H,8-9,11-12H2/p+1. The van der Waals surface area contributed by atoms with Crippen LogP contribution < -0.4 is 9.88 Å². The summed E-state index contributed by atoms with van der Waals surface area (Å²) < 4.78 is 0. The van der Waals surface area contributed by atoms with Crippen molar-refractivity contribution in [1.82, 2.24) is 0 Å². The molecular formula is C17H18N3O3+. The maximum absolute atomic E-state index is 12.5. The van der Waals surface area contributed by atoms with E-state index < -0.39 is 0 Å². The van der Waals surface area contributed by atoms with Crippen molar-refractivity contribution < 1.29 is 14.7 Å². The molecule has 1 aliphatic heterocycles. The summed E-state index contributed by atoms with van der Waals surface area (Å²) in [5.74, 6) is 0.663. The molecule has 0 spiro atoms. The van der Waals surface area contributed by atoms with Crippen molar-refractivity contribution in [2.45, 2.75) is 12.8 Å². The van der Waals surface area contributed by atoms with Crippen molar-refractivity contribution in [2.24, 2.45) is 5.92 Å². The Morgan fingerprint density at radius 2 is 1.83 bits per heavy atom. The molecule has 1 N–H and O–H groups in total. The van der Waals surface area contributed by atoms with E-state index in [4.69, 9.17) is 0 Å². The van der Waals surface area contributed by atoms with Gasteiger partial charge in [0, 0.05) is 17.5 Å². The summed E-state index contributed by atoms with van der Waals surface area (Å²) in [6, 6.07) is 12.4. The average Bonchev–Trinajstić information content (AvgIpc) is 2.62. The number of nitrogens with one attached hydrogen (secondary N) is 1. The molecule has 3 rings (SSSR count). The Morgan fingerprint density at radius 1 is 1.13 bits per heavy atom. The minimum atomic E-state index is -0.382. The largest absolute Gasteiger partial charge is 0.357 e. The van der Waals surface area contributed by atoms with Crippen LogP contribution >= 0.6 is 0 Å². The number of hydrogen-bond acceptors (Lipinski definition) is 4. The van der Waals surface area contributed by atoms with Crippen molar-refractivity contribution >= 4 is 17.3 Å². The third-order valence-corrected chi connectivity index (χ3v) is 4.25. The minimum absolute atomic E-state index is 0.0172. The predicted molar refractivity (Wildman–Crippen MR) is 85.4 cm³/mol. The lowest BCUT2D eigenvalue weighted by Crippen LogP contribution is -2.39. The Labute approximate surface area is 133 Å². The molecule has 0 amide bonds. The SMILES string of the molecule is O=C(c1ccccc1)C1CCN(c2[nH+]cccc2[N+](=O)[O-])CC1. The number of carbonyl (C=O) groups excluding carboxylic acids is 1. The van der Waals surface area contributed by atoms with Crippen LogP contribution in [0, 0.1) is 16.0 Å². The molecule has 2 aromatic rings. The van der Waals surface area contributed by atoms with Crippen molar-refractivity contribution in [3.8, 4) is 0 Å². The van der Waals surface area contributed by atoms with Crippen LogP contribution in [0.25, 0.3) is 0 Å². The molecule has 118 valence electrons. The first kappa shape index (κ1) is 15.1. The third kappa shape index (κ3) is 3.21. The minimum Gasteiger partial charge on any atom is -0.294 e. The molecule has 0 radical (unpaired) electrons. The first-order chi connectivity index (χ1) is 11.2. The zero-order valence-electron chi connectivity index (χ0n) is 12.6. The Balaban J connectivity index is 1.70. The summed E-state index contributed by atoms with van der Waals surface area (Å²) >= 11 is 0. The van der Waals surface area contributed by atoms with Crippen LogP contribution in [0.1, 0.15) is 23.2 Å². The maximum atomic E-state index is 12.5. The molecule has 0 saturated carbocycles. The van der Waals surface area contributed by atoms with Gasteiger partial charge in [0.25, 0.3) is 0 Å². The highest BCUT2D eigenvalue weighted by molar-refractivity contribution is 5.97. The summed E-state index contributed by atoms with van der Waals surface area (Å²) in [5, 5.41) is 11.1. The molecule has 0 bridgehead atoms. The lowest BCUT2D eigenvalue weighted by atomic mass is 9.89. The predicted octanol–water partition coefficient (Wildman–Crippen LogP) is 2.51. The van der Waals surface area contributed by atoms with Crippen molar-refractivity contribution in [3.63, 3.8) is 0 Å². The van der Waals surface area contributed by atoms with Crippen LogP contribution in [0.15, 0.2) is 48.7 Å². The maximum Gasteiger partial charge on any atom is 0.357 e. The number of benzene rings is 1. The van der Waals surface area contributed by atoms with E-state index in [0.717, 1.165) is 5.56 Å². The van der Waals surface area contributed by atoms with Gasteiger partial charge >= 0.3 is 11.5 Å². The lowest BCUT2D eigenvalue weighted by Gasteiger charge is -2.26. The van der Waals surface area contributed by atoms with E-state index in [9.17, 15) is 14.9 Å². The summed E-state index contributed by atoms with van der Waals surface area (Å²) in [7, 11) is 0. The van der Waals surface area contributed by atoms with Gasteiger partial charge in [-0.3, -0.25) is 19.8 Å². The molecule has 6 nitrogen and oxygen atoms in total. The molecule has 1 aromatic heterocycles. The van der Waals surface area contributed by atoms with Gasteiger partial charge in [-0.15, -0.1) is 0 Å². The number of piperidine rings is 1. The van der Waals surface area contributed by atoms with E-state index in [1.165, 1.54) is 6.07 Å². The molecule has 0 atom stereocenters. The van der Waals surface area contributed by atoms with Gasteiger partial charge in [-0.1, -0.05) is 30.3 Å². The van der Waals surface area contributed by atoms with Gasteiger partial charge in [0.15, 0.2) is 5.78 Å². The number of nitro groups is 1. The molecule has 6 heteroatoms. The number of aromatic nitrogens is 1. The van der Waals surface area contributed by atoms with Crippen LogP contribution in [0.2, 0.25) is 0 Å². The lowest BCUT2D eigenvalue weighted by molar-refractivity contribution is -0.411. The van der Waals surface area contributed by atoms with Gasteiger partial charge < -0.3 is 0 Å². The third-order valence-electron chi connectivity index (χ3n) is 4.25. The number of pyridine rings is 1. The smallest absolute Gasteiger partial charge is 0.294 e. The molecule has 0 aliphatic carbocycles. The second-order valence-electron chi connectivity index (χ2n) is 5.65. The van der Waals surface area contributed by atoms with E-state index in [1.807, 2.05) is 35.2 Å². The van der Waals surface area contributed by atoms with Crippen LogP contribution in [0.3, 0.4) is 0 Å². The second kappa shape index (κ2) is 6.56. The molecule has 0 unspecified atom stereocenters. The number of hydrogen-bond donors (Lipinski definition) is 0. The van der Waals surface area contributed by atoms with E-state index >= 15 is 0 Å². The topological polar surface area (TPSA) is 77.6 Å². The van der Waals surface area contributed by atoms with Gasteiger partial charge in [0.05, 0.1) is 24.2 Å². The zero-order valence-corrected chi connectivity index (χ0v) is 12.6. The quantitative estimate of drug-likeness (QED) is 0.494. The normalized spacial score (nSPS) is 15.4. The molecule has 2 heterocycles. The fourth-order valence-corrected chi connectivity index (χ4v) is 3.02. The zero-order chi connectivity index (χ0) is 16.2. The number of rotatable bonds is 4. The summed E-state index contributed by atoms with van der Waals surface area (Å²) in [6.07, 6.45) is 3.09. The van der Waals surface area contributed by atoms with Crippen molar-refractivity contribution in [1.29, 1.82) is 0 Å². The van der Waals surface area contributed by atoms with Crippen molar-refractivity contribution in [2.75, 3.05) is 18.0 Å². The Kier molecular flexibility index (Phi) is 4.32. The van der Waals surface area contributed by atoms with E-state index in [0.29, 0.717) is 31.7 Å². The van der Waals surface area contributed by atoms with Crippen LogP contribution in [-0.4, -0.2) is 23.8 Å². The van der Waals surface area contributed by atoms with Crippen molar-refractivity contribution in [3.05, 3.63) is 64.3 Å². The number of Topliss-reactive ketones (excluding diaryl/α,β-unsaturated/α-hetero) is 1. The van der Waals surface area contributed by atoms with E-state index in [-0.39, 0.29) is 22.3 Å². The fourth-order valence-electron chi connectivity index (χ4n) is 3.02. The number of anilines is 1. The fraction of sp³-hybridized carbons (Fsp3) is 0.294. The Bertz CT molecular complexity index is 710. The van der Waals surface area contributed by atoms with Crippen LogP contribution in [-0.2, 0) is 0 Å². The van der Waals surface area contributed by atoms with Gasteiger partial charge in [0.2, 0.25) is 0 Å². The Morgan fingerprint density at radius 3 is 2.48 bits per heavy atom. The summed E-state index contributed by atoms with van der Waals surface area (Å²) in [4.78, 5) is 28.1. The number of aromatic amines is 1. The summed E-state index contributed by atoms with van der Waals surface area (Å²) in [6.45, 7) is 1.26. The second-order valence-corrected chi connectivity index (χ2v) is 5.65. The van der Waals surface area contributed by atoms with Gasteiger partial charge in [-0.05, 0) is 18.9 Å². The first-order valence-corrected chi connectivity index (χ1v) is 7.66. The molecule has 1 fully saturated rings. The number of ketones is 1. The average molecular weight is 312 g/mol. The number of carbonyl (C=O) groups is 1. The molecular weight excluding hydrogens is 294 g/mol. The summed E-state index contributed by atoms with van der Waals surface area (Å²) in [5.41, 5.74) is 0.809. The van der Waals surface area contributed by atoms with Gasteiger partial charge in [-0.2, -0.15) is 0 Å². The molecule has 23 heavy (non-hydrogen) atoms. The molecule has 1 aromatic carbocycles. The number of nitrogens with zero attached hydrogens (tertiary/aromatic N) is 2. The van der Waals surface area contributed by atoms with Gasteiger partial charge in [-0.25, -0.2) is 4.98 Å². The number of H-pyrrole nitrogens is 1. The highest BCUT2D eigenvalue weighted by Gasteiger charge is 2.33. The highest BCUT2D eigenvalue weighted by atomic mass is 16.6. The van der Waals surface area contributed by atoms with Crippen LogP contribution in [0.4, 0.5) is 11.5 Å². The highest BCUT2D eigenvalue weighted by Crippen LogP contribution is 2.28. The monoisotopic (exact) mass is 312 g/mol. The Hall–Kier alpha value is -2.76. The van der Waals surface area contributed by atoms with E-state index in [2.05, 4.69) is 4.98 Å². The molecule has 1 saturated heterocycles. The molecule has 1 aliphatic rings. The van der Waals surface area contributed by atoms with E-state index in [1.54, 1.807) is 12.3 Å².